The monoisotopic (exact) mass is 308 g/mol. The molecule has 0 aliphatic carbocycles. The van der Waals surface area contributed by atoms with Crippen molar-refractivity contribution in [1.29, 1.82) is 0 Å². The molecule has 0 aromatic carbocycles. The van der Waals surface area contributed by atoms with Crippen LogP contribution in [0.3, 0.4) is 0 Å². The highest BCUT2D eigenvalue weighted by atomic mass is 16.5. The molecular formula is C16H28N4O2. The van der Waals surface area contributed by atoms with Gasteiger partial charge < -0.3 is 19.8 Å². The van der Waals surface area contributed by atoms with Gasteiger partial charge in [0.25, 0.3) is 0 Å². The maximum atomic E-state index is 5.63. The second-order valence-corrected chi connectivity index (χ2v) is 5.41. The van der Waals surface area contributed by atoms with Crippen molar-refractivity contribution in [3.8, 4) is 0 Å². The summed E-state index contributed by atoms with van der Waals surface area (Å²) < 4.78 is 10.7. The van der Waals surface area contributed by atoms with Crippen molar-refractivity contribution in [2.45, 2.75) is 25.8 Å². The largest absolute Gasteiger partial charge is 0.468 e. The third kappa shape index (κ3) is 5.03. The van der Waals surface area contributed by atoms with Crippen molar-refractivity contribution in [3.05, 3.63) is 24.2 Å². The van der Waals surface area contributed by atoms with Crippen LogP contribution in [0.25, 0.3) is 0 Å². The quantitative estimate of drug-likeness (QED) is 0.434. The molecule has 1 aromatic heterocycles. The lowest BCUT2D eigenvalue weighted by atomic mass is 10.2. The second-order valence-electron chi connectivity index (χ2n) is 5.41. The molecular weight excluding hydrogens is 280 g/mol. The third-order valence-electron chi connectivity index (χ3n) is 3.82. The van der Waals surface area contributed by atoms with Crippen LogP contribution in [0.4, 0.5) is 0 Å². The number of guanidine groups is 1. The van der Waals surface area contributed by atoms with Crippen molar-refractivity contribution in [3.63, 3.8) is 0 Å². The van der Waals surface area contributed by atoms with Crippen LogP contribution in [-0.4, -0.2) is 57.3 Å². The molecule has 1 fully saturated rings. The highest BCUT2D eigenvalue weighted by Crippen LogP contribution is 2.25. The fraction of sp³-hybridized carbons (Fsp3) is 0.688. The van der Waals surface area contributed by atoms with Crippen LogP contribution < -0.4 is 10.6 Å². The Hall–Kier alpha value is -1.53. The fourth-order valence-electron chi connectivity index (χ4n) is 2.71. The first-order valence-corrected chi connectivity index (χ1v) is 8.13. The van der Waals surface area contributed by atoms with Gasteiger partial charge in [0.2, 0.25) is 0 Å². The Morgan fingerprint density at radius 2 is 2.23 bits per heavy atom. The number of rotatable bonds is 8. The van der Waals surface area contributed by atoms with Crippen LogP contribution >= 0.6 is 0 Å². The van der Waals surface area contributed by atoms with Crippen molar-refractivity contribution < 1.29 is 9.15 Å². The lowest BCUT2D eigenvalue weighted by Gasteiger charge is -2.24. The Balaban J connectivity index is 1.99. The van der Waals surface area contributed by atoms with Crippen LogP contribution in [0.1, 0.15) is 31.6 Å². The summed E-state index contributed by atoms with van der Waals surface area (Å²) in [7, 11) is 1.70. The molecule has 6 heteroatoms. The Morgan fingerprint density at radius 3 is 2.86 bits per heavy atom. The van der Waals surface area contributed by atoms with Crippen LogP contribution in [0.5, 0.6) is 0 Å². The summed E-state index contributed by atoms with van der Waals surface area (Å²) in [6, 6.07) is 4.21. The molecule has 1 saturated heterocycles. The molecule has 6 nitrogen and oxygen atoms in total. The summed E-state index contributed by atoms with van der Waals surface area (Å²) in [6.45, 7) is 7.25. The Labute approximate surface area is 132 Å². The van der Waals surface area contributed by atoms with E-state index in [2.05, 4.69) is 22.5 Å². The maximum Gasteiger partial charge on any atom is 0.191 e. The minimum atomic E-state index is 0.218. The number of aliphatic imine (C=N–C) groups is 1. The maximum absolute atomic E-state index is 5.63. The molecule has 1 aliphatic rings. The van der Waals surface area contributed by atoms with Gasteiger partial charge in [-0.15, -0.1) is 0 Å². The molecule has 0 saturated carbocycles. The van der Waals surface area contributed by atoms with Crippen molar-refractivity contribution in [1.82, 2.24) is 15.5 Å². The number of nitrogens with one attached hydrogen (secondary N) is 2. The van der Waals surface area contributed by atoms with E-state index in [1.165, 1.54) is 12.8 Å². The first kappa shape index (κ1) is 16.8. The van der Waals surface area contributed by atoms with Gasteiger partial charge in [-0.2, -0.15) is 0 Å². The van der Waals surface area contributed by atoms with Gasteiger partial charge in [0.15, 0.2) is 5.96 Å². The SMILES string of the molecule is CCNC(=NCC(c1ccco1)N1CCCC1)NCCOC. The van der Waals surface area contributed by atoms with Gasteiger partial charge in [0.1, 0.15) is 5.76 Å². The average molecular weight is 308 g/mol. The van der Waals surface area contributed by atoms with E-state index in [9.17, 15) is 0 Å². The van der Waals surface area contributed by atoms with Crippen molar-refractivity contribution >= 4 is 5.96 Å². The van der Waals surface area contributed by atoms with Gasteiger partial charge in [0.05, 0.1) is 25.5 Å². The first-order valence-electron chi connectivity index (χ1n) is 8.13. The topological polar surface area (TPSA) is 62.0 Å². The van der Waals surface area contributed by atoms with Gasteiger partial charge in [-0.3, -0.25) is 9.89 Å². The fourth-order valence-corrected chi connectivity index (χ4v) is 2.71. The second kappa shape index (κ2) is 9.48. The van der Waals surface area contributed by atoms with Crippen LogP contribution in [0.2, 0.25) is 0 Å². The van der Waals surface area contributed by atoms with Crippen molar-refractivity contribution in [2.75, 3.05) is 46.4 Å². The highest BCUT2D eigenvalue weighted by molar-refractivity contribution is 5.79. The minimum Gasteiger partial charge on any atom is -0.468 e. The molecule has 2 rings (SSSR count). The Bertz CT molecular complexity index is 427. The molecule has 2 N–H and O–H groups in total. The predicted molar refractivity (Wildman–Crippen MR) is 88.1 cm³/mol. The van der Waals surface area contributed by atoms with E-state index in [1.54, 1.807) is 13.4 Å². The van der Waals surface area contributed by atoms with E-state index in [1.807, 2.05) is 12.1 Å². The van der Waals surface area contributed by atoms with Crippen molar-refractivity contribution in [2.24, 2.45) is 4.99 Å². The van der Waals surface area contributed by atoms with Gasteiger partial charge in [-0.25, -0.2) is 0 Å². The number of nitrogens with zero attached hydrogens (tertiary/aromatic N) is 2. The molecule has 2 heterocycles. The Kier molecular flexibility index (Phi) is 7.25. The number of hydrogen-bond acceptors (Lipinski definition) is 4. The normalized spacial score (nSPS) is 17.6. The molecule has 124 valence electrons. The molecule has 0 spiro atoms. The molecule has 0 bridgehead atoms. The van der Waals surface area contributed by atoms with Gasteiger partial charge in [-0.1, -0.05) is 0 Å². The zero-order valence-electron chi connectivity index (χ0n) is 13.7. The van der Waals surface area contributed by atoms with E-state index in [0.717, 1.165) is 37.9 Å². The molecule has 1 atom stereocenters. The zero-order chi connectivity index (χ0) is 15.6. The molecule has 1 unspecified atom stereocenters. The summed E-state index contributed by atoms with van der Waals surface area (Å²) in [5, 5.41) is 6.54. The lowest BCUT2D eigenvalue weighted by molar-refractivity contribution is 0.203. The van der Waals surface area contributed by atoms with Gasteiger partial charge in [-0.05, 0) is 45.0 Å². The zero-order valence-corrected chi connectivity index (χ0v) is 13.7. The number of methoxy groups -OCH3 is 1. The van der Waals surface area contributed by atoms with E-state index >= 15 is 0 Å². The molecule has 22 heavy (non-hydrogen) atoms. The number of hydrogen-bond donors (Lipinski definition) is 2. The smallest absolute Gasteiger partial charge is 0.191 e. The summed E-state index contributed by atoms with van der Waals surface area (Å²) in [5.74, 6) is 1.83. The number of likely N-dealkylation sites (tertiary alicyclic amines) is 1. The summed E-state index contributed by atoms with van der Waals surface area (Å²) in [4.78, 5) is 7.18. The predicted octanol–water partition coefficient (Wildman–Crippen LogP) is 1.62. The van der Waals surface area contributed by atoms with Crippen LogP contribution in [0.15, 0.2) is 27.8 Å². The third-order valence-corrected chi connectivity index (χ3v) is 3.82. The summed E-state index contributed by atoms with van der Waals surface area (Å²) in [5.41, 5.74) is 0. The standard InChI is InChI=1S/C16H28N4O2/c1-3-17-16(18-8-12-21-2)19-13-14(15-7-6-11-22-15)20-9-4-5-10-20/h6-7,11,14H,3-5,8-10,12-13H2,1-2H3,(H2,17,18,19). The molecule has 1 aromatic rings. The van der Waals surface area contributed by atoms with E-state index in [0.29, 0.717) is 13.2 Å². The van der Waals surface area contributed by atoms with Crippen LogP contribution in [0, 0.1) is 0 Å². The van der Waals surface area contributed by atoms with E-state index in [4.69, 9.17) is 14.1 Å². The van der Waals surface area contributed by atoms with Gasteiger partial charge in [0, 0.05) is 20.2 Å². The average Bonchev–Trinajstić information content (AvgIpc) is 3.21. The van der Waals surface area contributed by atoms with E-state index in [-0.39, 0.29) is 6.04 Å². The van der Waals surface area contributed by atoms with Crippen LogP contribution in [-0.2, 0) is 4.74 Å². The molecule has 1 aliphatic heterocycles. The first-order chi connectivity index (χ1) is 10.8. The van der Waals surface area contributed by atoms with Gasteiger partial charge >= 0.3 is 0 Å². The lowest BCUT2D eigenvalue weighted by Crippen LogP contribution is -2.39. The highest BCUT2D eigenvalue weighted by Gasteiger charge is 2.25. The summed E-state index contributed by atoms with van der Waals surface area (Å²) >= 11 is 0. The summed E-state index contributed by atoms with van der Waals surface area (Å²) in [6.07, 6.45) is 4.25. The molecule has 0 amide bonds. The minimum absolute atomic E-state index is 0.218. The molecule has 0 radical (unpaired) electrons. The number of furan rings is 1. The number of ether oxygens (including phenoxy) is 1. The Morgan fingerprint density at radius 1 is 1.41 bits per heavy atom. The van der Waals surface area contributed by atoms with E-state index < -0.39 is 0 Å².